The number of nitrogens with zero attached hydrogens (tertiary/aromatic N) is 1. The maximum Gasteiger partial charge on any atom is 0.307 e. The van der Waals surface area contributed by atoms with E-state index in [-0.39, 0.29) is 17.2 Å². The Kier molecular flexibility index (Phi) is 3.85. The third kappa shape index (κ3) is 2.76. The van der Waals surface area contributed by atoms with Gasteiger partial charge >= 0.3 is 5.97 Å². The molecule has 19 heavy (non-hydrogen) atoms. The molecule has 104 valence electrons. The Morgan fingerprint density at radius 2 is 2.11 bits per heavy atom. The summed E-state index contributed by atoms with van der Waals surface area (Å²) in [7, 11) is 0. The van der Waals surface area contributed by atoms with Crippen LogP contribution in [0.5, 0.6) is 0 Å². The van der Waals surface area contributed by atoms with Gasteiger partial charge in [0.15, 0.2) is 0 Å². The molecule has 1 heterocycles. The van der Waals surface area contributed by atoms with Crippen LogP contribution in [-0.4, -0.2) is 29.1 Å². The van der Waals surface area contributed by atoms with Gasteiger partial charge in [0.1, 0.15) is 11.6 Å². The van der Waals surface area contributed by atoms with Gasteiger partial charge in [-0.2, -0.15) is 0 Å². The molecule has 1 aromatic rings. The summed E-state index contributed by atoms with van der Waals surface area (Å²) in [5, 5.41) is 8.96. The summed E-state index contributed by atoms with van der Waals surface area (Å²) in [5.74, 6) is -2.12. The lowest BCUT2D eigenvalue weighted by Gasteiger charge is -2.25. The Morgan fingerprint density at radius 1 is 1.42 bits per heavy atom. The van der Waals surface area contributed by atoms with E-state index in [1.54, 1.807) is 6.92 Å². The molecular weight excluding hydrogens is 252 g/mol. The van der Waals surface area contributed by atoms with Crippen molar-refractivity contribution in [1.82, 2.24) is 4.90 Å². The molecule has 2 unspecified atom stereocenters. The van der Waals surface area contributed by atoms with Crippen molar-refractivity contribution in [3.63, 3.8) is 0 Å². The fourth-order valence-electron chi connectivity index (χ4n) is 2.52. The topological polar surface area (TPSA) is 40.5 Å². The molecule has 0 aromatic heterocycles. The number of likely N-dealkylation sites (tertiary alicyclic amines) is 1. The van der Waals surface area contributed by atoms with Gasteiger partial charge in [0, 0.05) is 18.2 Å². The zero-order valence-corrected chi connectivity index (χ0v) is 11.0. The van der Waals surface area contributed by atoms with Crippen LogP contribution in [0.25, 0.3) is 0 Å². The molecule has 0 bridgehead atoms. The first-order valence-corrected chi connectivity index (χ1v) is 6.32. The SMILES string of the molecule is Cc1cc(F)c(C(C)N2CCC(C(=O)O)C2)cc1F. The number of aliphatic carboxylic acids is 1. The van der Waals surface area contributed by atoms with Crippen molar-refractivity contribution < 1.29 is 18.7 Å². The lowest BCUT2D eigenvalue weighted by molar-refractivity contribution is -0.141. The summed E-state index contributed by atoms with van der Waals surface area (Å²) in [5.41, 5.74) is 0.562. The molecule has 2 atom stereocenters. The highest BCUT2D eigenvalue weighted by Gasteiger charge is 2.32. The van der Waals surface area contributed by atoms with Crippen molar-refractivity contribution in [3.05, 3.63) is 34.9 Å². The van der Waals surface area contributed by atoms with E-state index in [1.807, 2.05) is 4.90 Å². The molecule has 0 aliphatic carbocycles. The molecule has 0 saturated carbocycles. The number of rotatable bonds is 3. The van der Waals surface area contributed by atoms with Crippen molar-refractivity contribution in [2.24, 2.45) is 5.92 Å². The zero-order chi connectivity index (χ0) is 14.2. The van der Waals surface area contributed by atoms with Crippen LogP contribution in [0.4, 0.5) is 8.78 Å². The van der Waals surface area contributed by atoms with E-state index in [1.165, 1.54) is 19.1 Å². The van der Waals surface area contributed by atoms with Crippen molar-refractivity contribution >= 4 is 5.97 Å². The van der Waals surface area contributed by atoms with Crippen molar-refractivity contribution in [1.29, 1.82) is 0 Å². The van der Waals surface area contributed by atoms with Crippen LogP contribution in [0.15, 0.2) is 12.1 Å². The predicted octanol–water partition coefficient (Wildman–Crippen LogP) is 2.74. The van der Waals surface area contributed by atoms with Crippen LogP contribution >= 0.6 is 0 Å². The van der Waals surface area contributed by atoms with E-state index in [0.29, 0.717) is 19.5 Å². The maximum absolute atomic E-state index is 13.9. The smallest absolute Gasteiger partial charge is 0.307 e. The first-order valence-electron chi connectivity index (χ1n) is 6.32. The van der Waals surface area contributed by atoms with Gasteiger partial charge in [0.05, 0.1) is 5.92 Å². The largest absolute Gasteiger partial charge is 0.481 e. The number of aryl methyl sites for hydroxylation is 1. The van der Waals surface area contributed by atoms with Crippen LogP contribution < -0.4 is 0 Å². The Bertz CT molecular complexity index is 504. The van der Waals surface area contributed by atoms with E-state index in [0.717, 1.165) is 0 Å². The van der Waals surface area contributed by atoms with Gasteiger partial charge in [-0.25, -0.2) is 8.78 Å². The van der Waals surface area contributed by atoms with E-state index < -0.39 is 23.5 Å². The third-order valence-corrected chi connectivity index (χ3v) is 3.84. The van der Waals surface area contributed by atoms with Crippen LogP contribution in [0.2, 0.25) is 0 Å². The minimum Gasteiger partial charge on any atom is -0.481 e. The Labute approximate surface area is 110 Å². The predicted molar refractivity (Wildman–Crippen MR) is 66.8 cm³/mol. The van der Waals surface area contributed by atoms with Gasteiger partial charge in [-0.15, -0.1) is 0 Å². The fourth-order valence-corrected chi connectivity index (χ4v) is 2.52. The van der Waals surface area contributed by atoms with Crippen molar-refractivity contribution in [2.45, 2.75) is 26.3 Å². The van der Waals surface area contributed by atoms with Gasteiger partial charge in [-0.1, -0.05) is 0 Å². The Hall–Kier alpha value is -1.49. The number of carbonyl (C=O) groups is 1. The second-order valence-corrected chi connectivity index (χ2v) is 5.12. The van der Waals surface area contributed by atoms with Crippen LogP contribution in [0, 0.1) is 24.5 Å². The second-order valence-electron chi connectivity index (χ2n) is 5.12. The number of hydrogen-bond donors (Lipinski definition) is 1. The number of benzene rings is 1. The summed E-state index contributed by atoms with van der Waals surface area (Å²) in [6.45, 7) is 4.26. The van der Waals surface area contributed by atoms with Crippen LogP contribution in [-0.2, 0) is 4.79 Å². The summed E-state index contributed by atoms with van der Waals surface area (Å²) < 4.78 is 27.4. The number of hydrogen-bond acceptors (Lipinski definition) is 2. The maximum atomic E-state index is 13.9. The van der Waals surface area contributed by atoms with Crippen molar-refractivity contribution in [2.75, 3.05) is 13.1 Å². The molecule has 1 saturated heterocycles. The zero-order valence-electron chi connectivity index (χ0n) is 11.0. The fraction of sp³-hybridized carbons (Fsp3) is 0.500. The van der Waals surface area contributed by atoms with Crippen molar-refractivity contribution in [3.8, 4) is 0 Å². The van der Waals surface area contributed by atoms with Gasteiger partial charge in [-0.3, -0.25) is 9.69 Å². The molecule has 3 nitrogen and oxygen atoms in total. The summed E-state index contributed by atoms with van der Waals surface area (Å²) >= 11 is 0. The molecule has 0 radical (unpaired) electrons. The summed E-state index contributed by atoms with van der Waals surface area (Å²) in [4.78, 5) is 12.8. The third-order valence-electron chi connectivity index (χ3n) is 3.84. The molecule has 1 N–H and O–H groups in total. The Balaban J connectivity index is 2.19. The lowest BCUT2D eigenvalue weighted by Crippen LogP contribution is -2.27. The van der Waals surface area contributed by atoms with Gasteiger partial charge in [-0.05, 0) is 44.5 Å². The molecule has 5 heteroatoms. The Morgan fingerprint density at radius 3 is 2.68 bits per heavy atom. The molecule has 1 fully saturated rings. The van der Waals surface area contributed by atoms with E-state index >= 15 is 0 Å². The highest BCUT2D eigenvalue weighted by Crippen LogP contribution is 2.30. The summed E-state index contributed by atoms with van der Waals surface area (Å²) in [6, 6.07) is 2.08. The van der Waals surface area contributed by atoms with Gasteiger partial charge in [0.25, 0.3) is 0 Å². The average molecular weight is 269 g/mol. The first kappa shape index (κ1) is 13.9. The second kappa shape index (κ2) is 5.25. The molecule has 1 aromatic carbocycles. The average Bonchev–Trinajstić information content (AvgIpc) is 2.82. The van der Waals surface area contributed by atoms with Crippen LogP contribution in [0.3, 0.4) is 0 Å². The van der Waals surface area contributed by atoms with E-state index in [2.05, 4.69) is 0 Å². The molecule has 0 amide bonds. The first-order chi connectivity index (χ1) is 8.90. The normalized spacial score (nSPS) is 21.6. The quantitative estimate of drug-likeness (QED) is 0.917. The monoisotopic (exact) mass is 269 g/mol. The molecule has 0 spiro atoms. The van der Waals surface area contributed by atoms with E-state index in [9.17, 15) is 13.6 Å². The molecule has 1 aliphatic heterocycles. The van der Waals surface area contributed by atoms with E-state index in [4.69, 9.17) is 5.11 Å². The highest BCUT2D eigenvalue weighted by atomic mass is 19.1. The molecule has 1 aliphatic rings. The molecule has 2 rings (SSSR count). The molecular formula is C14H17F2NO2. The van der Waals surface area contributed by atoms with Crippen LogP contribution in [0.1, 0.15) is 30.5 Å². The minimum absolute atomic E-state index is 0.276. The van der Waals surface area contributed by atoms with Gasteiger partial charge in [0.2, 0.25) is 0 Å². The number of halogens is 2. The number of carboxylic acids is 1. The highest BCUT2D eigenvalue weighted by molar-refractivity contribution is 5.70. The van der Waals surface area contributed by atoms with Gasteiger partial charge < -0.3 is 5.11 Å². The number of carboxylic acid groups (broad SMARTS) is 1. The standard InChI is InChI=1S/C14H17F2NO2/c1-8-5-13(16)11(6-12(8)15)9(2)17-4-3-10(7-17)14(18)19/h5-6,9-10H,3-4,7H2,1-2H3,(H,18,19). The minimum atomic E-state index is -0.828. The summed E-state index contributed by atoms with van der Waals surface area (Å²) in [6.07, 6.45) is 0.551. The lowest BCUT2D eigenvalue weighted by atomic mass is 10.0.